The molecule has 0 saturated heterocycles. The van der Waals surface area contributed by atoms with Gasteiger partial charge in [0.2, 0.25) is 11.2 Å². The normalized spacial score (nSPS) is 10.8. The minimum Gasteiger partial charge on any atom is -0.508 e. The number of hydrogen-bond acceptors (Lipinski definition) is 9. The van der Waals surface area contributed by atoms with E-state index in [1.807, 2.05) is 0 Å². The largest absolute Gasteiger partial charge is 0.508 e. The number of esters is 1. The zero-order valence-corrected chi connectivity index (χ0v) is 16.5. The van der Waals surface area contributed by atoms with Crippen LogP contribution in [0.25, 0.3) is 22.3 Å². The monoisotopic (exact) mass is 450 g/mol. The molecule has 0 fully saturated rings. The van der Waals surface area contributed by atoms with Crippen LogP contribution in [0.3, 0.4) is 0 Å². The fourth-order valence-electron chi connectivity index (χ4n) is 3.12. The summed E-state index contributed by atoms with van der Waals surface area (Å²) in [6.45, 7) is 0. The van der Waals surface area contributed by atoms with Crippen LogP contribution in [0.2, 0.25) is 0 Å². The number of aromatic carboxylic acids is 1. The third-order valence-corrected chi connectivity index (χ3v) is 4.72. The highest BCUT2D eigenvalue weighted by molar-refractivity contribution is 5.95. The van der Waals surface area contributed by atoms with Gasteiger partial charge in [-0.15, -0.1) is 0 Å². The first kappa shape index (κ1) is 21.2. The van der Waals surface area contributed by atoms with Gasteiger partial charge in [0.25, 0.3) is 0 Å². The third kappa shape index (κ3) is 3.88. The van der Waals surface area contributed by atoms with Gasteiger partial charge in [-0.25, -0.2) is 9.59 Å². The number of carboxylic acid groups (broad SMARTS) is 1. The van der Waals surface area contributed by atoms with Crippen molar-refractivity contribution in [2.24, 2.45) is 0 Å². The zero-order valence-electron chi connectivity index (χ0n) is 16.5. The lowest BCUT2D eigenvalue weighted by atomic mass is 10.1. The molecule has 5 N–H and O–H groups in total. The van der Waals surface area contributed by atoms with Gasteiger partial charge in [0.05, 0.1) is 11.1 Å². The van der Waals surface area contributed by atoms with Gasteiger partial charge >= 0.3 is 11.9 Å². The molecule has 0 radical (unpaired) electrons. The second-order valence-electron chi connectivity index (χ2n) is 6.90. The van der Waals surface area contributed by atoms with Crippen LogP contribution in [0.1, 0.15) is 20.7 Å². The number of fused-ring (bicyclic) bond motifs is 1. The van der Waals surface area contributed by atoms with E-state index in [0.717, 1.165) is 24.3 Å². The van der Waals surface area contributed by atoms with Gasteiger partial charge in [0.1, 0.15) is 22.5 Å². The lowest BCUT2D eigenvalue weighted by molar-refractivity contribution is 0.0691. The number of carbonyl (C=O) groups is 2. The Bertz CT molecular complexity index is 1480. The average molecular weight is 450 g/mol. The van der Waals surface area contributed by atoms with E-state index in [9.17, 15) is 34.8 Å². The van der Waals surface area contributed by atoms with Gasteiger partial charge < -0.3 is 34.7 Å². The Labute approximate surface area is 183 Å². The molecule has 0 unspecified atom stereocenters. The van der Waals surface area contributed by atoms with Gasteiger partial charge in [-0.3, -0.25) is 4.79 Å². The van der Waals surface area contributed by atoms with Crippen molar-refractivity contribution >= 4 is 22.9 Å². The molecule has 3 aromatic carbocycles. The molecule has 0 aliphatic heterocycles. The topological polar surface area (TPSA) is 175 Å². The molecule has 0 aliphatic carbocycles. The van der Waals surface area contributed by atoms with E-state index in [2.05, 4.69) is 0 Å². The molecule has 4 aromatic rings. The predicted octanol–water partition coefficient (Wildman–Crippen LogP) is 3.20. The highest BCUT2D eigenvalue weighted by atomic mass is 16.5. The number of ether oxygens (including phenoxy) is 1. The molecule has 1 aromatic heterocycles. The summed E-state index contributed by atoms with van der Waals surface area (Å²) in [4.78, 5) is 36.8. The van der Waals surface area contributed by atoms with Crippen LogP contribution in [0.4, 0.5) is 0 Å². The lowest BCUT2D eigenvalue weighted by Crippen LogP contribution is -2.16. The minimum atomic E-state index is -1.20. The van der Waals surface area contributed by atoms with E-state index in [4.69, 9.17) is 14.3 Å². The van der Waals surface area contributed by atoms with Gasteiger partial charge in [-0.05, 0) is 42.5 Å². The minimum absolute atomic E-state index is 0.0381. The van der Waals surface area contributed by atoms with E-state index in [-0.39, 0.29) is 33.4 Å². The Morgan fingerprint density at radius 2 is 1.45 bits per heavy atom. The Hall–Kier alpha value is -4.99. The van der Waals surface area contributed by atoms with E-state index in [1.165, 1.54) is 30.3 Å². The lowest BCUT2D eigenvalue weighted by Gasteiger charge is -2.12. The van der Waals surface area contributed by atoms with Crippen molar-refractivity contribution in [2.75, 3.05) is 0 Å². The van der Waals surface area contributed by atoms with Crippen LogP contribution >= 0.6 is 0 Å². The number of benzene rings is 3. The van der Waals surface area contributed by atoms with E-state index < -0.39 is 46.1 Å². The van der Waals surface area contributed by atoms with Gasteiger partial charge in [-0.1, -0.05) is 0 Å². The van der Waals surface area contributed by atoms with Crippen LogP contribution in [0.15, 0.2) is 63.8 Å². The fourth-order valence-corrected chi connectivity index (χ4v) is 3.12. The zero-order chi connectivity index (χ0) is 23.9. The molecule has 0 bridgehead atoms. The molecular weight excluding hydrogens is 436 g/mol. The maximum Gasteiger partial charge on any atom is 0.343 e. The second-order valence-corrected chi connectivity index (χ2v) is 6.90. The van der Waals surface area contributed by atoms with Crippen molar-refractivity contribution < 1.29 is 44.3 Å². The number of phenols is 4. The van der Waals surface area contributed by atoms with Gasteiger partial charge in [0, 0.05) is 17.7 Å². The molecular formula is C23H14O10. The summed E-state index contributed by atoms with van der Waals surface area (Å²) in [5.74, 6) is -5.21. The molecule has 0 spiro atoms. The van der Waals surface area contributed by atoms with Crippen molar-refractivity contribution in [3.63, 3.8) is 0 Å². The molecule has 0 saturated carbocycles. The number of phenolic OH excluding ortho intramolecular Hbond substituents is 4. The Morgan fingerprint density at radius 3 is 2.09 bits per heavy atom. The summed E-state index contributed by atoms with van der Waals surface area (Å²) in [6.07, 6.45) is 0. The SMILES string of the molecule is O=C(O)c1ccc(C(=O)Oc2c(-c3ccc(O)c(O)c3)oc3cc(O)cc(O)c3c2=O)cc1. The van der Waals surface area contributed by atoms with E-state index >= 15 is 0 Å². The first-order chi connectivity index (χ1) is 15.7. The summed E-state index contributed by atoms with van der Waals surface area (Å²) >= 11 is 0. The van der Waals surface area contributed by atoms with Crippen LogP contribution in [-0.4, -0.2) is 37.5 Å². The summed E-state index contributed by atoms with van der Waals surface area (Å²) in [5, 5.41) is 47.9. The number of carbonyl (C=O) groups excluding carboxylic acids is 1. The molecule has 166 valence electrons. The van der Waals surface area contributed by atoms with Crippen molar-refractivity contribution in [1.29, 1.82) is 0 Å². The average Bonchev–Trinajstić information content (AvgIpc) is 2.76. The van der Waals surface area contributed by atoms with E-state index in [1.54, 1.807) is 0 Å². The Kier molecular flexibility index (Phi) is 5.10. The number of aromatic hydroxyl groups is 4. The van der Waals surface area contributed by atoms with Crippen molar-refractivity contribution in [1.82, 2.24) is 0 Å². The van der Waals surface area contributed by atoms with Crippen LogP contribution in [0, 0.1) is 0 Å². The standard InChI is InChI=1S/C23H14O10/c24-13-8-16(27)18-17(9-13)32-20(12-5-6-14(25)15(26)7-12)21(19(18)28)33-23(31)11-3-1-10(2-4-11)22(29)30/h1-9,24-27H,(H,29,30). The quantitative estimate of drug-likeness (QED) is 0.229. The number of carboxylic acids is 1. The van der Waals surface area contributed by atoms with Crippen molar-refractivity contribution in [3.05, 3.63) is 75.9 Å². The number of hydrogen-bond donors (Lipinski definition) is 5. The molecule has 0 aliphatic rings. The summed E-state index contributed by atoms with van der Waals surface area (Å²) in [5.41, 5.74) is -1.29. The fraction of sp³-hybridized carbons (Fsp3) is 0. The maximum absolute atomic E-state index is 13.1. The Balaban J connectivity index is 1.90. The smallest absolute Gasteiger partial charge is 0.343 e. The third-order valence-electron chi connectivity index (χ3n) is 4.72. The van der Waals surface area contributed by atoms with Crippen molar-refractivity contribution in [2.45, 2.75) is 0 Å². The first-order valence-electron chi connectivity index (χ1n) is 9.26. The highest BCUT2D eigenvalue weighted by Crippen LogP contribution is 2.38. The summed E-state index contributed by atoms with van der Waals surface area (Å²) in [6, 6.07) is 10.2. The van der Waals surface area contributed by atoms with Crippen LogP contribution in [-0.2, 0) is 0 Å². The van der Waals surface area contributed by atoms with Gasteiger partial charge in [0.15, 0.2) is 17.3 Å². The second kappa shape index (κ2) is 7.93. The first-order valence-corrected chi connectivity index (χ1v) is 9.26. The molecule has 4 rings (SSSR count). The Morgan fingerprint density at radius 1 is 0.788 bits per heavy atom. The predicted molar refractivity (Wildman–Crippen MR) is 113 cm³/mol. The maximum atomic E-state index is 13.1. The van der Waals surface area contributed by atoms with Crippen LogP contribution in [0.5, 0.6) is 28.7 Å². The van der Waals surface area contributed by atoms with Gasteiger partial charge in [-0.2, -0.15) is 0 Å². The molecule has 0 amide bonds. The molecule has 10 nitrogen and oxygen atoms in total. The summed E-state index contributed by atoms with van der Waals surface area (Å²) in [7, 11) is 0. The van der Waals surface area contributed by atoms with Crippen molar-refractivity contribution in [3.8, 4) is 40.1 Å². The molecule has 1 heterocycles. The molecule has 33 heavy (non-hydrogen) atoms. The molecule has 10 heteroatoms. The highest BCUT2D eigenvalue weighted by Gasteiger charge is 2.24. The number of rotatable bonds is 4. The van der Waals surface area contributed by atoms with E-state index in [0.29, 0.717) is 0 Å². The summed E-state index contributed by atoms with van der Waals surface area (Å²) < 4.78 is 10.9. The molecule has 0 atom stereocenters. The van der Waals surface area contributed by atoms with Crippen LogP contribution < -0.4 is 10.2 Å².